The number of ether oxygens (including phenoxy) is 1. The van der Waals surface area contributed by atoms with E-state index < -0.39 is 0 Å². The van der Waals surface area contributed by atoms with Gasteiger partial charge < -0.3 is 9.64 Å². The molecule has 0 bridgehead atoms. The zero-order chi connectivity index (χ0) is 15.8. The van der Waals surface area contributed by atoms with Gasteiger partial charge in [0, 0.05) is 6.54 Å². The van der Waals surface area contributed by atoms with Gasteiger partial charge in [0.2, 0.25) is 0 Å². The van der Waals surface area contributed by atoms with E-state index in [0.29, 0.717) is 0 Å². The first-order valence-corrected chi connectivity index (χ1v) is 8.11. The minimum absolute atomic E-state index is 0.0110. The van der Waals surface area contributed by atoms with Crippen molar-refractivity contribution in [2.45, 2.75) is 25.9 Å². The Kier molecular flexibility index (Phi) is 6.63. The smallest absolute Gasteiger partial charge is 0.108 e. The van der Waals surface area contributed by atoms with Crippen LogP contribution in [0.5, 0.6) is 0 Å². The minimum atomic E-state index is 0.0110. The van der Waals surface area contributed by atoms with Crippen LogP contribution in [0.2, 0.25) is 0 Å². The molecule has 0 aliphatic heterocycles. The molecular weight excluding hydrogens is 270 g/mol. The van der Waals surface area contributed by atoms with Crippen molar-refractivity contribution in [1.82, 2.24) is 4.90 Å². The number of rotatable bonds is 8. The first-order valence-electron chi connectivity index (χ1n) is 8.11. The zero-order valence-electron chi connectivity index (χ0n) is 14.0. The second-order valence-electron chi connectivity index (χ2n) is 5.96. The van der Waals surface area contributed by atoms with Gasteiger partial charge in [-0.1, -0.05) is 67.9 Å². The quantitative estimate of drug-likeness (QED) is 0.720. The normalized spacial score (nSPS) is 12.5. The summed E-state index contributed by atoms with van der Waals surface area (Å²) in [7, 11) is 4.14. The highest BCUT2D eigenvalue weighted by atomic mass is 16.5. The van der Waals surface area contributed by atoms with E-state index in [4.69, 9.17) is 4.74 Å². The van der Waals surface area contributed by atoms with Crippen molar-refractivity contribution in [3.63, 3.8) is 0 Å². The Morgan fingerprint density at radius 3 is 2.14 bits per heavy atom. The van der Waals surface area contributed by atoms with Crippen LogP contribution in [0, 0.1) is 0 Å². The molecule has 0 aliphatic carbocycles. The summed E-state index contributed by atoms with van der Waals surface area (Å²) in [5.74, 6) is 0. The zero-order valence-corrected chi connectivity index (χ0v) is 14.0. The van der Waals surface area contributed by atoms with Gasteiger partial charge in [-0.05, 0) is 37.2 Å². The Hall–Kier alpha value is -1.64. The summed E-state index contributed by atoms with van der Waals surface area (Å²) in [6.45, 7) is 3.87. The third-order valence-corrected chi connectivity index (χ3v) is 3.75. The number of aryl methyl sites for hydroxylation is 1. The SMILES string of the molecule is CCCc1ccc([C@H](OCCN(C)C)c2ccccc2)cc1. The van der Waals surface area contributed by atoms with Crippen molar-refractivity contribution in [2.75, 3.05) is 27.2 Å². The van der Waals surface area contributed by atoms with E-state index >= 15 is 0 Å². The highest BCUT2D eigenvalue weighted by Crippen LogP contribution is 2.26. The molecule has 0 unspecified atom stereocenters. The topological polar surface area (TPSA) is 12.5 Å². The summed E-state index contributed by atoms with van der Waals surface area (Å²) < 4.78 is 6.18. The van der Waals surface area contributed by atoms with E-state index in [0.717, 1.165) is 19.6 Å². The van der Waals surface area contributed by atoms with Crippen molar-refractivity contribution in [1.29, 1.82) is 0 Å². The molecule has 0 fully saturated rings. The molecule has 2 nitrogen and oxygen atoms in total. The lowest BCUT2D eigenvalue weighted by Gasteiger charge is -2.20. The molecule has 0 spiro atoms. The number of hydrogen-bond donors (Lipinski definition) is 0. The number of nitrogens with zero attached hydrogens (tertiary/aromatic N) is 1. The van der Waals surface area contributed by atoms with Crippen LogP contribution in [0.15, 0.2) is 54.6 Å². The van der Waals surface area contributed by atoms with Gasteiger partial charge in [0.25, 0.3) is 0 Å². The summed E-state index contributed by atoms with van der Waals surface area (Å²) in [4.78, 5) is 2.15. The summed E-state index contributed by atoms with van der Waals surface area (Å²) >= 11 is 0. The molecule has 0 radical (unpaired) electrons. The molecule has 0 heterocycles. The van der Waals surface area contributed by atoms with E-state index in [1.54, 1.807) is 0 Å². The van der Waals surface area contributed by atoms with Gasteiger partial charge in [0.1, 0.15) is 6.10 Å². The summed E-state index contributed by atoms with van der Waals surface area (Å²) in [6.07, 6.45) is 2.33. The second-order valence-corrected chi connectivity index (χ2v) is 5.96. The molecule has 0 aliphatic rings. The highest BCUT2D eigenvalue weighted by Gasteiger charge is 2.14. The number of likely N-dealkylation sites (N-methyl/N-ethyl adjacent to an activating group) is 1. The Bertz CT molecular complexity index is 533. The molecule has 2 rings (SSSR count). The number of hydrogen-bond acceptors (Lipinski definition) is 2. The molecule has 1 atom stereocenters. The van der Waals surface area contributed by atoms with Gasteiger partial charge >= 0.3 is 0 Å². The van der Waals surface area contributed by atoms with Crippen LogP contribution < -0.4 is 0 Å². The van der Waals surface area contributed by atoms with Crippen LogP contribution in [0.1, 0.15) is 36.1 Å². The van der Waals surface area contributed by atoms with Crippen molar-refractivity contribution < 1.29 is 4.74 Å². The fourth-order valence-electron chi connectivity index (χ4n) is 2.51. The monoisotopic (exact) mass is 297 g/mol. The van der Waals surface area contributed by atoms with Crippen molar-refractivity contribution in [3.05, 3.63) is 71.3 Å². The molecular formula is C20H27NO. The maximum absolute atomic E-state index is 6.18. The molecule has 2 heteroatoms. The van der Waals surface area contributed by atoms with E-state index in [1.807, 2.05) is 6.07 Å². The van der Waals surface area contributed by atoms with Crippen LogP contribution in [0.4, 0.5) is 0 Å². The number of benzene rings is 2. The van der Waals surface area contributed by atoms with Gasteiger partial charge in [0.05, 0.1) is 6.61 Å². The van der Waals surface area contributed by atoms with Crippen molar-refractivity contribution >= 4 is 0 Å². The average molecular weight is 297 g/mol. The van der Waals surface area contributed by atoms with E-state index in [-0.39, 0.29) is 6.10 Å². The minimum Gasteiger partial charge on any atom is -0.367 e. The van der Waals surface area contributed by atoms with Gasteiger partial charge in [-0.3, -0.25) is 0 Å². The third-order valence-electron chi connectivity index (χ3n) is 3.75. The third kappa shape index (κ3) is 4.97. The van der Waals surface area contributed by atoms with E-state index in [9.17, 15) is 0 Å². The largest absolute Gasteiger partial charge is 0.367 e. The predicted octanol–water partition coefficient (Wildman–Crippen LogP) is 4.31. The summed E-state index contributed by atoms with van der Waals surface area (Å²) in [6, 6.07) is 19.3. The maximum Gasteiger partial charge on any atom is 0.108 e. The Morgan fingerprint density at radius 1 is 0.909 bits per heavy atom. The summed E-state index contributed by atoms with van der Waals surface area (Å²) in [5.41, 5.74) is 3.83. The Labute approximate surface area is 134 Å². The van der Waals surface area contributed by atoms with Gasteiger partial charge in [0.15, 0.2) is 0 Å². The molecule has 2 aromatic carbocycles. The first-order chi connectivity index (χ1) is 10.7. The Balaban J connectivity index is 2.16. The van der Waals surface area contributed by atoms with Crippen LogP contribution in [0.25, 0.3) is 0 Å². The molecule has 0 saturated carbocycles. The average Bonchev–Trinajstić information content (AvgIpc) is 2.53. The predicted molar refractivity (Wildman–Crippen MR) is 93.2 cm³/mol. The van der Waals surface area contributed by atoms with Crippen molar-refractivity contribution in [2.24, 2.45) is 0 Å². The van der Waals surface area contributed by atoms with E-state index in [2.05, 4.69) is 74.4 Å². The fraction of sp³-hybridized carbons (Fsp3) is 0.400. The molecule has 22 heavy (non-hydrogen) atoms. The molecule has 0 N–H and O–H groups in total. The lowest BCUT2D eigenvalue weighted by atomic mass is 9.99. The molecule has 0 aromatic heterocycles. The van der Waals surface area contributed by atoms with Gasteiger partial charge in [-0.15, -0.1) is 0 Å². The fourth-order valence-corrected chi connectivity index (χ4v) is 2.51. The van der Waals surface area contributed by atoms with E-state index in [1.165, 1.54) is 23.1 Å². The van der Waals surface area contributed by atoms with Gasteiger partial charge in [-0.2, -0.15) is 0 Å². The molecule has 0 saturated heterocycles. The summed E-state index contributed by atoms with van der Waals surface area (Å²) in [5, 5.41) is 0. The molecule has 118 valence electrons. The highest BCUT2D eigenvalue weighted by molar-refractivity contribution is 5.32. The second kappa shape index (κ2) is 8.72. The van der Waals surface area contributed by atoms with Crippen molar-refractivity contribution in [3.8, 4) is 0 Å². The van der Waals surface area contributed by atoms with Gasteiger partial charge in [-0.25, -0.2) is 0 Å². The van der Waals surface area contributed by atoms with Crippen LogP contribution in [0.3, 0.4) is 0 Å². The Morgan fingerprint density at radius 2 is 1.55 bits per heavy atom. The lowest BCUT2D eigenvalue weighted by molar-refractivity contribution is 0.0687. The molecule has 2 aromatic rings. The van der Waals surface area contributed by atoms with Crippen LogP contribution in [-0.2, 0) is 11.2 Å². The first kappa shape index (κ1) is 16.7. The molecule has 0 amide bonds. The standard InChI is InChI=1S/C20H27NO/c1-4-8-17-11-13-19(14-12-17)20(22-16-15-21(2)3)18-9-6-5-7-10-18/h5-7,9-14,20H,4,8,15-16H2,1-3H3/t20-/m1/s1. The maximum atomic E-state index is 6.18. The lowest BCUT2D eigenvalue weighted by Crippen LogP contribution is -2.20. The van der Waals surface area contributed by atoms with Crippen LogP contribution in [-0.4, -0.2) is 32.1 Å². The van der Waals surface area contributed by atoms with Crippen LogP contribution >= 0.6 is 0 Å².